The summed E-state index contributed by atoms with van der Waals surface area (Å²) in [5.74, 6) is 0.160. The van der Waals surface area contributed by atoms with E-state index in [2.05, 4.69) is 34.9 Å². The highest BCUT2D eigenvalue weighted by atomic mass is 16.6. The molecule has 1 unspecified atom stereocenters. The molecule has 1 fully saturated rings. The zero-order chi connectivity index (χ0) is 24.4. The first-order chi connectivity index (χ1) is 17.1. The van der Waals surface area contributed by atoms with Crippen molar-refractivity contribution in [3.05, 3.63) is 64.8 Å². The van der Waals surface area contributed by atoms with Gasteiger partial charge in [0.25, 0.3) is 0 Å². The van der Waals surface area contributed by atoms with Gasteiger partial charge >= 0.3 is 5.97 Å². The van der Waals surface area contributed by atoms with Gasteiger partial charge in [-0.15, -0.1) is 0 Å². The molecule has 6 nitrogen and oxygen atoms in total. The summed E-state index contributed by atoms with van der Waals surface area (Å²) in [6.07, 6.45) is 8.80. The topological polar surface area (TPSA) is 83.6 Å². The van der Waals surface area contributed by atoms with Crippen molar-refractivity contribution in [3.8, 4) is 5.75 Å². The Morgan fingerprint density at radius 3 is 2.46 bits per heavy atom. The highest BCUT2D eigenvalue weighted by Gasteiger charge is 2.31. The highest BCUT2D eigenvalue weighted by molar-refractivity contribution is 5.97. The second kappa shape index (κ2) is 10.1. The molecule has 2 aromatic carbocycles. The van der Waals surface area contributed by atoms with E-state index in [1.165, 1.54) is 43.9 Å². The van der Waals surface area contributed by atoms with Crippen molar-refractivity contribution in [3.63, 3.8) is 0 Å². The molecule has 2 aliphatic rings. The SMILES string of the molecule is COC(=O)COc1cccc2c1c1c(n2Cc2ccc(C3CCCC3)cc2)CCCCC1C(N)=O. The number of aromatic nitrogens is 1. The number of esters is 1. The zero-order valence-corrected chi connectivity index (χ0v) is 20.4. The van der Waals surface area contributed by atoms with E-state index >= 15 is 0 Å². The molecule has 2 N–H and O–H groups in total. The molecule has 1 atom stereocenters. The Bertz CT molecular complexity index is 1220. The molecule has 0 aliphatic heterocycles. The van der Waals surface area contributed by atoms with Crippen LogP contribution in [0.25, 0.3) is 10.9 Å². The van der Waals surface area contributed by atoms with Crippen LogP contribution in [0.5, 0.6) is 5.75 Å². The van der Waals surface area contributed by atoms with E-state index in [0.717, 1.165) is 47.8 Å². The Morgan fingerprint density at radius 2 is 1.74 bits per heavy atom. The van der Waals surface area contributed by atoms with E-state index in [1.807, 2.05) is 12.1 Å². The normalized spacial score (nSPS) is 18.3. The Morgan fingerprint density at radius 1 is 1.00 bits per heavy atom. The molecule has 1 amide bonds. The van der Waals surface area contributed by atoms with Gasteiger partial charge in [0.05, 0.1) is 18.5 Å². The van der Waals surface area contributed by atoms with E-state index in [-0.39, 0.29) is 18.4 Å². The predicted octanol–water partition coefficient (Wildman–Crippen LogP) is 5.19. The molecular formula is C29H34N2O4. The van der Waals surface area contributed by atoms with E-state index in [0.29, 0.717) is 18.2 Å². The van der Waals surface area contributed by atoms with Crippen LogP contribution in [0.15, 0.2) is 42.5 Å². The van der Waals surface area contributed by atoms with E-state index in [1.54, 1.807) is 0 Å². The van der Waals surface area contributed by atoms with Gasteiger partial charge in [-0.1, -0.05) is 49.6 Å². The van der Waals surface area contributed by atoms with Crippen molar-refractivity contribution < 1.29 is 19.1 Å². The molecule has 5 rings (SSSR count). The monoisotopic (exact) mass is 474 g/mol. The number of rotatable bonds is 7. The maximum Gasteiger partial charge on any atom is 0.343 e. The largest absolute Gasteiger partial charge is 0.481 e. The summed E-state index contributed by atoms with van der Waals surface area (Å²) in [7, 11) is 1.34. The van der Waals surface area contributed by atoms with Crippen LogP contribution in [0.1, 0.15) is 79.2 Å². The molecule has 0 saturated heterocycles. The maximum atomic E-state index is 12.6. The number of carbonyl (C=O) groups excluding carboxylic acids is 2. The van der Waals surface area contributed by atoms with Crippen molar-refractivity contribution in [2.45, 2.75) is 69.7 Å². The van der Waals surface area contributed by atoms with E-state index in [4.69, 9.17) is 15.2 Å². The summed E-state index contributed by atoms with van der Waals surface area (Å²) in [6, 6.07) is 14.9. The third-order valence-corrected chi connectivity index (χ3v) is 7.77. The number of carbonyl (C=O) groups is 2. The lowest BCUT2D eigenvalue weighted by molar-refractivity contribution is -0.142. The van der Waals surface area contributed by atoms with Crippen LogP contribution in [0, 0.1) is 0 Å². The molecule has 184 valence electrons. The summed E-state index contributed by atoms with van der Waals surface area (Å²) in [5.41, 5.74) is 11.7. The van der Waals surface area contributed by atoms with Crippen LogP contribution in [-0.2, 0) is 27.3 Å². The van der Waals surface area contributed by atoms with Crippen LogP contribution in [0.4, 0.5) is 0 Å². The number of methoxy groups -OCH3 is 1. The van der Waals surface area contributed by atoms with Gasteiger partial charge in [0, 0.05) is 17.6 Å². The number of hydrogen-bond donors (Lipinski definition) is 1. The van der Waals surface area contributed by atoms with Gasteiger partial charge in [0.1, 0.15) is 5.75 Å². The highest BCUT2D eigenvalue weighted by Crippen LogP contribution is 2.42. The van der Waals surface area contributed by atoms with Crippen molar-refractivity contribution in [2.24, 2.45) is 5.73 Å². The van der Waals surface area contributed by atoms with Crippen LogP contribution in [0.3, 0.4) is 0 Å². The van der Waals surface area contributed by atoms with E-state index < -0.39 is 5.97 Å². The minimum Gasteiger partial charge on any atom is -0.481 e. The summed E-state index contributed by atoms with van der Waals surface area (Å²) >= 11 is 0. The molecule has 3 aromatic rings. The van der Waals surface area contributed by atoms with Gasteiger partial charge in [-0.05, 0) is 66.8 Å². The molecule has 0 bridgehead atoms. The lowest BCUT2D eigenvalue weighted by Crippen LogP contribution is -2.21. The van der Waals surface area contributed by atoms with Crippen molar-refractivity contribution in [2.75, 3.05) is 13.7 Å². The average Bonchev–Trinajstić information content (AvgIpc) is 3.44. The van der Waals surface area contributed by atoms with E-state index in [9.17, 15) is 9.59 Å². The van der Waals surface area contributed by atoms with Gasteiger partial charge in [0.2, 0.25) is 5.91 Å². The van der Waals surface area contributed by atoms with Crippen molar-refractivity contribution in [1.82, 2.24) is 4.57 Å². The smallest absolute Gasteiger partial charge is 0.343 e. The first-order valence-electron chi connectivity index (χ1n) is 12.8. The first kappa shape index (κ1) is 23.5. The van der Waals surface area contributed by atoms with Gasteiger partial charge in [-0.3, -0.25) is 4.79 Å². The second-order valence-corrected chi connectivity index (χ2v) is 9.89. The van der Waals surface area contributed by atoms with Crippen LogP contribution >= 0.6 is 0 Å². The maximum absolute atomic E-state index is 12.6. The Kier molecular flexibility index (Phi) is 6.80. The third-order valence-electron chi connectivity index (χ3n) is 7.77. The average molecular weight is 475 g/mol. The molecule has 1 aromatic heterocycles. The Balaban J connectivity index is 1.58. The van der Waals surface area contributed by atoms with Crippen molar-refractivity contribution >= 4 is 22.8 Å². The van der Waals surface area contributed by atoms with Crippen LogP contribution < -0.4 is 10.5 Å². The number of amides is 1. The Hall–Kier alpha value is -3.28. The molecule has 6 heteroatoms. The molecule has 1 heterocycles. The van der Waals surface area contributed by atoms with Crippen molar-refractivity contribution in [1.29, 1.82) is 0 Å². The van der Waals surface area contributed by atoms with Gasteiger partial charge in [-0.25, -0.2) is 4.79 Å². The number of fused-ring (bicyclic) bond motifs is 3. The fourth-order valence-corrected chi connectivity index (χ4v) is 6.00. The number of primary amides is 1. The molecule has 0 spiro atoms. The fraction of sp³-hybridized carbons (Fsp3) is 0.448. The van der Waals surface area contributed by atoms with Gasteiger partial charge in [0.15, 0.2) is 6.61 Å². The Labute approximate surface area is 206 Å². The fourth-order valence-electron chi connectivity index (χ4n) is 6.00. The number of benzene rings is 2. The minimum absolute atomic E-state index is 0.181. The molecule has 0 radical (unpaired) electrons. The quantitative estimate of drug-likeness (QED) is 0.377. The van der Waals surface area contributed by atoms with Crippen LogP contribution in [0.2, 0.25) is 0 Å². The number of nitrogens with two attached hydrogens (primary N) is 1. The molecular weight excluding hydrogens is 440 g/mol. The number of nitrogens with zero attached hydrogens (tertiary/aromatic N) is 1. The minimum atomic E-state index is -0.443. The lowest BCUT2D eigenvalue weighted by atomic mass is 9.92. The molecule has 35 heavy (non-hydrogen) atoms. The number of hydrogen-bond acceptors (Lipinski definition) is 4. The third kappa shape index (κ3) is 4.66. The van der Waals surface area contributed by atoms with Gasteiger partial charge in [-0.2, -0.15) is 0 Å². The summed E-state index contributed by atoms with van der Waals surface area (Å²) in [5, 5.41) is 0.889. The summed E-state index contributed by atoms with van der Waals surface area (Å²) < 4.78 is 13.0. The standard InChI is InChI=1S/C29H34N2O4/c1-34-26(32)18-35-25-12-6-11-24-28(25)27-22(29(30)33)9-4-5-10-23(27)31(24)17-19-13-15-21(16-14-19)20-7-2-3-8-20/h6,11-16,20,22H,2-5,7-10,17-18H2,1H3,(H2,30,33). The number of ether oxygens (including phenoxy) is 2. The van der Waals surface area contributed by atoms with Crippen LogP contribution in [-0.4, -0.2) is 30.2 Å². The molecule has 1 saturated carbocycles. The summed E-state index contributed by atoms with van der Waals surface area (Å²) in [6.45, 7) is 0.530. The predicted molar refractivity (Wildman–Crippen MR) is 136 cm³/mol. The first-order valence-corrected chi connectivity index (χ1v) is 12.8. The summed E-state index contributed by atoms with van der Waals surface area (Å²) in [4.78, 5) is 24.3. The molecule has 2 aliphatic carbocycles. The zero-order valence-electron chi connectivity index (χ0n) is 20.4. The second-order valence-electron chi connectivity index (χ2n) is 9.89. The van der Waals surface area contributed by atoms with Gasteiger partial charge < -0.3 is 19.8 Å². The lowest BCUT2D eigenvalue weighted by Gasteiger charge is -2.15.